The van der Waals surface area contributed by atoms with Gasteiger partial charge in [0.1, 0.15) is 17.4 Å². The Morgan fingerprint density at radius 1 is 1.53 bits per heavy atom. The molecule has 1 fully saturated rings. The largest absolute Gasteiger partial charge is 0.481 e. The van der Waals surface area contributed by atoms with Gasteiger partial charge in [-0.2, -0.15) is 0 Å². The van der Waals surface area contributed by atoms with Crippen molar-refractivity contribution in [1.82, 2.24) is 4.72 Å². The Kier molecular flexibility index (Phi) is 3.04. The molecule has 0 atom stereocenters. The van der Waals surface area contributed by atoms with E-state index < -0.39 is 21.5 Å². The minimum Gasteiger partial charge on any atom is -0.481 e. The Morgan fingerprint density at radius 3 is 2.59 bits per heavy atom. The molecule has 8 heteroatoms. The van der Waals surface area contributed by atoms with Crippen molar-refractivity contribution < 1.29 is 22.7 Å². The summed E-state index contributed by atoms with van der Waals surface area (Å²) in [5, 5.41) is 8.71. The van der Waals surface area contributed by atoms with Gasteiger partial charge in [0.15, 0.2) is 0 Å². The third-order valence-corrected chi connectivity index (χ3v) is 5.04. The van der Waals surface area contributed by atoms with Gasteiger partial charge in [-0.3, -0.25) is 4.79 Å². The van der Waals surface area contributed by atoms with E-state index in [0.29, 0.717) is 17.3 Å². The van der Waals surface area contributed by atoms with Crippen LogP contribution >= 0.6 is 15.9 Å². The van der Waals surface area contributed by atoms with E-state index in [9.17, 15) is 13.2 Å². The van der Waals surface area contributed by atoms with Gasteiger partial charge >= 0.3 is 5.97 Å². The number of sulfonamides is 1. The van der Waals surface area contributed by atoms with Crippen LogP contribution in [0.5, 0.6) is 0 Å². The first-order chi connectivity index (χ1) is 7.85. The molecule has 0 radical (unpaired) electrons. The quantitative estimate of drug-likeness (QED) is 0.852. The lowest BCUT2D eigenvalue weighted by molar-refractivity contribution is -0.137. The van der Waals surface area contributed by atoms with Crippen LogP contribution in [-0.4, -0.2) is 25.0 Å². The topological polar surface area (TPSA) is 96.6 Å². The second-order valence-corrected chi connectivity index (χ2v) is 6.55. The highest BCUT2D eigenvalue weighted by Crippen LogP contribution is 2.40. The first-order valence-corrected chi connectivity index (χ1v) is 7.10. The minimum atomic E-state index is -3.74. The molecule has 1 saturated carbocycles. The summed E-state index contributed by atoms with van der Waals surface area (Å²) in [6.07, 6.45) is 3.22. The molecule has 1 aliphatic rings. The highest BCUT2D eigenvalue weighted by atomic mass is 79.9. The Balaban J connectivity index is 2.19. The molecule has 2 N–H and O–H groups in total. The highest BCUT2D eigenvalue weighted by molar-refractivity contribution is 9.10. The molecule has 94 valence electrons. The van der Waals surface area contributed by atoms with Gasteiger partial charge in [-0.05, 0) is 28.8 Å². The van der Waals surface area contributed by atoms with Crippen molar-refractivity contribution in [2.45, 2.75) is 29.7 Å². The maximum atomic E-state index is 12.0. The smallest absolute Gasteiger partial charge is 0.305 e. The first-order valence-electron chi connectivity index (χ1n) is 4.82. The number of rotatable bonds is 5. The molecule has 0 unspecified atom stereocenters. The molecule has 0 bridgehead atoms. The Labute approximate surface area is 106 Å². The van der Waals surface area contributed by atoms with Gasteiger partial charge in [0.05, 0.1) is 10.9 Å². The molecular formula is C9H10BrNO5S. The van der Waals surface area contributed by atoms with E-state index in [1.165, 1.54) is 6.26 Å². The van der Waals surface area contributed by atoms with E-state index in [0.717, 1.165) is 6.26 Å². The highest BCUT2D eigenvalue weighted by Gasteiger charge is 2.48. The third kappa shape index (κ3) is 2.70. The summed E-state index contributed by atoms with van der Waals surface area (Å²) < 4.78 is 31.4. The maximum Gasteiger partial charge on any atom is 0.305 e. The number of hydrogen-bond acceptors (Lipinski definition) is 4. The van der Waals surface area contributed by atoms with Crippen molar-refractivity contribution in [2.75, 3.05) is 0 Å². The number of halogens is 1. The number of aliphatic carboxylic acids is 1. The second-order valence-electron chi connectivity index (χ2n) is 4.04. The molecule has 6 nitrogen and oxygen atoms in total. The van der Waals surface area contributed by atoms with Crippen LogP contribution in [-0.2, 0) is 14.8 Å². The van der Waals surface area contributed by atoms with Gasteiger partial charge in [-0.25, -0.2) is 13.1 Å². The van der Waals surface area contributed by atoms with Crippen molar-refractivity contribution in [1.29, 1.82) is 0 Å². The van der Waals surface area contributed by atoms with Crippen LogP contribution in [0.25, 0.3) is 0 Å². The summed E-state index contributed by atoms with van der Waals surface area (Å²) >= 11 is 3.05. The summed E-state index contributed by atoms with van der Waals surface area (Å²) in [7, 11) is -3.74. The fraction of sp³-hybridized carbons (Fsp3) is 0.444. The normalized spacial score (nSPS) is 17.9. The first kappa shape index (κ1) is 12.6. The predicted octanol–water partition coefficient (Wildman–Crippen LogP) is 1.33. The number of carboxylic acids is 1. The predicted molar refractivity (Wildman–Crippen MR) is 60.9 cm³/mol. The summed E-state index contributed by atoms with van der Waals surface area (Å²) in [6, 6.07) is 0. The molecule has 2 rings (SSSR count). The van der Waals surface area contributed by atoms with Crippen LogP contribution in [0.2, 0.25) is 0 Å². The van der Waals surface area contributed by atoms with E-state index in [1.807, 2.05) is 0 Å². The second kappa shape index (κ2) is 4.11. The fourth-order valence-corrected chi connectivity index (χ4v) is 3.84. The maximum absolute atomic E-state index is 12.0. The lowest BCUT2D eigenvalue weighted by atomic mass is 10.2. The van der Waals surface area contributed by atoms with Crippen molar-refractivity contribution in [2.24, 2.45) is 0 Å². The number of hydrogen-bond donors (Lipinski definition) is 2. The molecule has 17 heavy (non-hydrogen) atoms. The van der Waals surface area contributed by atoms with E-state index in [1.54, 1.807) is 0 Å². The third-order valence-electron chi connectivity index (χ3n) is 2.57. The van der Waals surface area contributed by atoms with Crippen LogP contribution < -0.4 is 4.72 Å². The lowest BCUT2D eigenvalue weighted by Crippen LogP contribution is -2.38. The van der Waals surface area contributed by atoms with Crippen molar-refractivity contribution in [3.8, 4) is 0 Å². The summed E-state index contributed by atoms with van der Waals surface area (Å²) in [6.45, 7) is 0. The summed E-state index contributed by atoms with van der Waals surface area (Å²) in [5.41, 5.74) is -0.832. The molecule has 1 aromatic heterocycles. The van der Waals surface area contributed by atoms with Crippen molar-refractivity contribution in [3.63, 3.8) is 0 Å². The molecule has 0 aromatic carbocycles. The van der Waals surface area contributed by atoms with Crippen LogP contribution in [0.4, 0.5) is 0 Å². The van der Waals surface area contributed by atoms with Gasteiger partial charge < -0.3 is 9.52 Å². The van der Waals surface area contributed by atoms with Crippen LogP contribution in [0.1, 0.15) is 19.3 Å². The molecule has 1 aromatic rings. The van der Waals surface area contributed by atoms with Crippen molar-refractivity contribution in [3.05, 3.63) is 17.0 Å². The number of carboxylic acid groups (broad SMARTS) is 1. The fourth-order valence-electron chi connectivity index (χ4n) is 1.56. The SMILES string of the molecule is O=C(O)CC1(NS(=O)(=O)c2cocc2Br)CC1. The Morgan fingerprint density at radius 2 is 2.18 bits per heavy atom. The van der Waals surface area contributed by atoms with E-state index in [4.69, 9.17) is 9.52 Å². The number of furan rings is 1. The number of carbonyl (C=O) groups is 1. The molecule has 1 aliphatic carbocycles. The van der Waals surface area contributed by atoms with Gasteiger partial charge in [0.25, 0.3) is 0 Å². The average molecular weight is 324 g/mol. The minimum absolute atomic E-state index is 0.0193. The zero-order chi connectivity index (χ0) is 12.7. The standard InChI is InChI=1S/C9H10BrNO5S/c10-6-4-16-5-7(6)17(14,15)11-9(1-2-9)3-8(12)13/h4-5,11H,1-3H2,(H,12,13). The molecular weight excluding hydrogens is 314 g/mol. The molecule has 1 heterocycles. The molecule has 0 amide bonds. The monoisotopic (exact) mass is 323 g/mol. The van der Waals surface area contributed by atoms with Gasteiger partial charge in [0.2, 0.25) is 10.0 Å². The summed E-state index contributed by atoms with van der Waals surface area (Å²) in [4.78, 5) is 10.6. The zero-order valence-electron chi connectivity index (χ0n) is 8.64. The Bertz CT molecular complexity index is 545. The van der Waals surface area contributed by atoms with E-state index in [2.05, 4.69) is 20.7 Å². The Hall–Kier alpha value is -0.860. The molecule has 0 saturated heterocycles. The van der Waals surface area contributed by atoms with Crippen LogP contribution in [0, 0.1) is 0 Å². The lowest BCUT2D eigenvalue weighted by Gasteiger charge is -2.14. The zero-order valence-corrected chi connectivity index (χ0v) is 11.0. The van der Waals surface area contributed by atoms with E-state index >= 15 is 0 Å². The van der Waals surface area contributed by atoms with Gasteiger partial charge in [-0.1, -0.05) is 0 Å². The molecule has 0 aliphatic heterocycles. The summed E-state index contributed by atoms with van der Waals surface area (Å²) in [5.74, 6) is -1.02. The average Bonchev–Trinajstić information content (AvgIpc) is 2.74. The number of nitrogens with one attached hydrogen (secondary N) is 1. The van der Waals surface area contributed by atoms with Crippen LogP contribution in [0.3, 0.4) is 0 Å². The van der Waals surface area contributed by atoms with Crippen molar-refractivity contribution >= 4 is 31.9 Å². The van der Waals surface area contributed by atoms with Crippen LogP contribution in [0.15, 0.2) is 26.3 Å². The van der Waals surface area contributed by atoms with E-state index in [-0.39, 0.29) is 11.3 Å². The van der Waals surface area contributed by atoms with Gasteiger partial charge in [-0.15, -0.1) is 0 Å². The molecule has 0 spiro atoms. The van der Waals surface area contributed by atoms with Gasteiger partial charge in [0, 0.05) is 5.54 Å².